The first-order chi connectivity index (χ1) is 22.2. The van der Waals surface area contributed by atoms with E-state index in [1.54, 1.807) is 7.11 Å². The zero-order valence-electron chi connectivity index (χ0n) is 26.1. The maximum absolute atomic E-state index is 7.32. The van der Waals surface area contributed by atoms with E-state index >= 15 is 0 Å². The number of methoxy groups -OCH3 is 1. The third kappa shape index (κ3) is 8.87. The molecule has 0 fully saturated rings. The molecule has 3 atom stereocenters. The van der Waals surface area contributed by atoms with E-state index in [-0.39, 0.29) is 18.9 Å². The summed E-state index contributed by atoms with van der Waals surface area (Å²) in [5, 5.41) is 4.78. The van der Waals surface area contributed by atoms with Gasteiger partial charge in [-0.1, -0.05) is 133 Å². The molecule has 232 valence electrons. The van der Waals surface area contributed by atoms with Gasteiger partial charge in [-0.05, 0) is 37.0 Å². The maximum atomic E-state index is 7.32. The number of para-hydroxylation sites is 1. The molecule has 0 aliphatic rings. The molecule has 0 aliphatic carbocycles. The Kier molecular flexibility index (Phi) is 12.7. The first kappa shape index (κ1) is 33.0. The summed E-state index contributed by atoms with van der Waals surface area (Å²) in [6.45, 7) is 3.41. The van der Waals surface area contributed by atoms with Gasteiger partial charge in [0.25, 0.3) is 0 Å². The highest BCUT2D eigenvalue weighted by molar-refractivity contribution is 7.71. The summed E-state index contributed by atoms with van der Waals surface area (Å²) in [4.78, 5) is 0. The molecule has 5 rings (SSSR count). The predicted molar refractivity (Wildman–Crippen MR) is 189 cm³/mol. The molecule has 0 aliphatic heterocycles. The molecular formula is C38H41NO4P2. The number of likely N-dealkylation sites (N-methyl/N-ethyl adjacent to an activating group) is 1. The van der Waals surface area contributed by atoms with Crippen molar-refractivity contribution in [2.24, 2.45) is 0 Å². The molecule has 0 N–H and O–H groups in total. The quantitative estimate of drug-likeness (QED) is 0.0653. The fourth-order valence-corrected chi connectivity index (χ4v) is 9.58. The lowest BCUT2D eigenvalue weighted by molar-refractivity contribution is -0.0386. The van der Waals surface area contributed by atoms with Gasteiger partial charge in [-0.3, -0.25) is 4.67 Å². The predicted octanol–water partition coefficient (Wildman–Crippen LogP) is 7.16. The van der Waals surface area contributed by atoms with Crippen LogP contribution in [-0.4, -0.2) is 44.9 Å². The van der Waals surface area contributed by atoms with Gasteiger partial charge in [0, 0.05) is 37.1 Å². The van der Waals surface area contributed by atoms with Gasteiger partial charge < -0.3 is 18.7 Å². The van der Waals surface area contributed by atoms with E-state index < -0.39 is 16.2 Å². The van der Waals surface area contributed by atoms with E-state index in [1.165, 1.54) is 15.9 Å². The van der Waals surface area contributed by atoms with Crippen LogP contribution in [0.4, 0.5) is 0 Å². The highest BCUT2D eigenvalue weighted by Crippen LogP contribution is 2.48. The van der Waals surface area contributed by atoms with Gasteiger partial charge in [0.15, 0.2) is 0 Å². The molecule has 0 aromatic heterocycles. The molecule has 45 heavy (non-hydrogen) atoms. The molecular weight excluding hydrogens is 596 g/mol. The molecule has 0 spiro atoms. The van der Waals surface area contributed by atoms with Crippen LogP contribution in [0.3, 0.4) is 0 Å². The van der Waals surface area contributed by atoms with Gasteiger partial charge in [-0.2, -0.15) is 0 Å². The van der Waals surface area contributed by atoms with E-state index in [0.717, 1.165) is 16.6 Å². The molecule has 0 unspecified atom stereocenters. The van der Waals surface area contributed by atoms with Gasteiger partial charge in [-0.15, -0.1) is 0 Å². The number of hydrogen-bond acceptors (Lipinski definition) is 5. The molecule has 0 saturated heterocycles. The monoisotopic (exact) mass is 637 g/mol. The SMILES string of the molecule is COCOCCOc1ccccc1[P@](c1ccccc1)N(C)[C@H](C)[C@@H](OP(c1ccccc1)c1ccccc1)c1ccccc1. The maximum Gasteiger partial charge on any atom is 0.146 e. The van der Waals surface area contributed by atoms with Crippen LogP contribution in [0.1, 0.15) is 18.6 Å². The van der Waals surface area contributed by atoms with Crippen LogP contribution in [0.2, 0.25) is 0 Å². The van der Waals surface area contributed by atoms with Crippen LogP contribution < -0.4 is 26.0 Å². The van der Waals surface area contributed by atoms with Gasteiger partial charge in [0.05, 0.1) is 14.8 Å². The number of rotatable bonds is 16. The summed E-state index contributed by atoms with van der Waals surface area (Å²) in [5.74, 6) is 0.862. The van der Waals surface area contributed by atoms with Crippen molar-refractivity contribution < 1.29 is 18.7 Å². The van der Waals surface area contributed by atoms with Crippen LogP contribution in [0, 0.1) is 0 Å². The van der Waals surface area contributed by atoms with Crippen molar-refractivity contribution in [3.8, 4) is 5.75 Å². The van der Waals surface area contributed by atoms with Crippen molar-refractivity contribution in [2.75, 3.05) is 34.2 Å². The fraction of sp³-hybridized carbons (Fsp3) is 0.211. The average Bonchev–Trinajstić information content (AvgIpc) is 3.10. The highest BCUT2D eigenvalue weighted by Gasteiger charge is 2.34. The van der Waals surface area contributed by atoms with Crippen molar-refractivity contribution in [3.63, 3.8) is 0 Å². The standard InChI is InChI=1S/C38H41NO4P2/c1-31(38(32-18-8-4-9-19-32)43-45(34-22-12-6-13-23-34)35-24-14-7-15-25-35)39(2)44(33-20-10-5-11-21-33)37-27-17-16-26-36(37)42-29-28-41-30-40-3/h4-27,31,38H,28-30H2,1-3H3/t31-,38-,44+/m1/s1. The van der Waals surface area contributed by atoms with Crippen LogP contribution in [0.5, 0.6) is 5.75 Å². The molecule has 0 heterocycles. The Morgan fingerprint density at radius 1 is 0.622 bits per heavy atom. The second kappa shape index (κ2) is 17.3. The van der Waals surface area contributed by atoms with Crippen molar-refractivity contribution in [1.29, 1.82) is 0 Å². The minimum Gasteiger partial charge on any atom is -0.490 e. The topological polar surface area (TPSA) is 40.2 Å². The normalized spacial score (nSPS) is 13.4. The minimum absolute atomic E-state index is 0.00855. The molecule has 5 aromatic carbocycles. The summed E-state index contributed by atoms with van der Waals surface area (Å²) in [6, 6.07) is 50.9. The summed E-state index contributed by atoms with van der Waals surface area (Å²) in [6.07, 6.45) is -0.202. The smallest absolute Gasteiger partial charge is 0.146 e. The van der Waals surface area contributed by atoms with Crippen LogP contribution in [0.25, 0.3) is 0 Å². The first-order valence-electron chi connectivity index (χ1n) is 15.2. The Labute approximate surface area is 270 Å². The summed E-state index contributed by atoms with van der Waals surface area (Å²) in [7, 11) is 1.76. The summed E-state index contributed by atoms with van der Waals surface area (Å²) < 4.78 is 26.6. The zero-order valence-corrected chi connectivity index (χ0v) is 27.9. The van der Waals surface area contributed by atoms with Crippen molar-refractivity contribution in [3.05, 3.63) is 151 Å². The van der Waals surface area contributed by atoms with Crippen LogP contribution in [0.15, 0.2) is 146 Å². The molecule has 0 bridgehead atoms. The molecule has 5 aromatic rings. The molecule has 0 saturated carbocycles. The van der Waals surface area contributed by atoms with Gasteiger partial charge in [0.1, 0.15) is 25.3 Å². The fourth-order valence-electron chi connectivity index (χ4n) is 5.13. The highest BCUT2D eigenvalue weighted by atomic mass is 31.1. The first-order valence-corrected chi connectivity index (χ1v) is 17.7. The number of nitrogens with zero attached hydrogens (tertiary/aromatic N) is 1. The van der Waals surface area contributed by atoms with Crippen molar-refractivity contribution >= 4 is 37.4 Å². The van der Waals surface area contributed by atoms with E-state index in [1.807, 2.05) is 6.07 Å². The summed E-state index contributed by atoms with van der Waals surface area (Å²) in [5.41, 5.74) is 1.15. The van der Waals surface area contributed by atoms with E-state index in [2.05, 4.69) is 158 Å². The molecule has 5 nitrogen and oxygen atoms in total. The van der Waals surface area contributed by atoms with Crippen molar-refractivity contribution in [2.45, 2.75) is 19.1 Å². The van der Waals surface area contributed by atoms with Gasteiger partial charge in [0.2, 0.25) is 0 Å². The van der Waals surface area contributed by atoms with E-state index in [9.17, 15) is 0 Å². The molecule has 0 radical (unpaired) electrons. The third-order valence-corrected chi connectivity index (χ3v) is 12.0. The Bertz CT molecular complexity index is 1500. The lowest BCUT2D eigenvalue weighted by Crippen LogP contribution is -2.37. The average molecular weight is 638 g/mol. The second-order valence-electron chi connectivity index (χ2n) is 10.5. The Balaban J connectivity index is 1.52. The lowest BCUT2D eigenvalue weighted by atomic mass is 10.0. The van der Waals surface area contributed by atoms with Gasteiger partial charge in [-0.25, -0.2) is 0 Å². The van der Waals surface area contributed by atoms with Crippen LogP contribution >= 0.6 is 16.2 Å². The second-order valence-corrected chi connectivity index (χ2v) is 14.6. The van der Waals surface area contributed by atoms with Crippen LogP contribution in [-0.2, 0) is 14.0 Å². The lowest BCUT2D eigenvalue weighted by Gasteiger charge is -2.39. The van der Waals surface area contributed by atoms with Gasteiger partial charge >= 0.3 is 0 Å². The molecule has 0 amide bonds. The Morgan fingerprint density at radius 2 is 1.13 bits per heavy atom. The third-order valence-electron chi connectivity index (χ3n) is 7.45. The van der Waals surface area contributed by atoms with E-state index in [4.69, 9.17) is 18.7 Å². The minimum atomic E-state index is -1.09. The number of benzene rings is 5. The van der Waals surface area contributed by atoms with Crippen molar-refractivity contribution in [1.82, 2.24) is 4.67 Å². The Hall–Kier alpha value is -3.40. The Morgan fingerprint density at radius 3 is 1.71 bits per heavy atom. The zero-order chi connectivity index (χ0) is 31.3. The van der Waals surface area contributed by atoms with E-state index in [0.29, 0.717) is 13.2 Å². The summed E-state index contributed by atoms with van der Waals surface area (Å²) >= 11 is 0. The molecule has 7 heteroatoms. The number of ether oxygens (including phenoxy) is 3. The largest absolute Gasteiger partial charge is 0.490 e. The number of hydrogen-bond donors (Lipinski definition) is 0.